The summed E-state index contributed by atoms with van der Waals surface area (Å²) < 4.78 is 7.11. The number of amides is 1. The van der Waals surface area contributed by atoms with Crippen LogP contribution in [0.15, 0.2) is 29.1 Å². The van der Waals surface area contributed by atoms with Crippen molar-refractivity contribution in [3.8, 4) is 0 Å². The molecule has 1 aliphatic carbocycles. The first kappa shape index (κ1) is 22.8. The van der Waals surface area contributed by atoms with E-state index in [0.29, 0.717) is 53.1 Å². The lowest BCUT2D eigenvalue weighted by Crippen LogP contribution is -2.41. The number of nitrogens with zero attached hydrogens (tertiary/aromatic N) is 2. The summed E-state index contributed by atoms with van der Waals surface area (Å²) in [6, 6.07) is 7.44. The summed E-state index contributed by atoms with van der Waals surface area (Å²) in [5.41, 5.74) is 2.56. The highest BCUT2D eigenvalue weighted by Gasteiger charge is 2.31. The Morgan fingerprint density at radius 1 is 1.16 bits per heavy atom. The van der Waals surface area contributed by atoms with Crippen LogP contribution >= 0.6 is 11.6 Å². The SMILES string of the molecule is Cn1c(Nc2ccc(C3CC3)cc2Cl)c2c(cc1=O)CCN(OCCOC(C)(C)C)C2=O. The average molecular weight is 460 g/mol. The number of halogens is 1. The minimum Gasteiger partial charge on any atom is -0.373 e. The van der Waals surface area contributed by atoms with E-state index in [4.69, 9.17) is 21.2 Å². The number of fused-ring (bicyclic) bond motifs is 1. The van der Waals surface area contributed by atoms with Gasteiger partial charge in [0.25, 0.3) is 11.5 Å². The van der Waals surface area contributed by atoms with Crippen LogP contribution in [-0.4, -0.2) is 40.9 Å². The van der Waals surface area contributed by atoms with Gasteiger partial charge in [0.2, 0.25) is 0 Å². The summed E-state index contributed by atoms with van der Waals surface area (Å²) in [4.78, 5) is 31.6. The molecule has 2 aromatic rings. The third-order valence-corrected chi connectivity index (χ3v) is 6.02. The molecule has 0 bridgehead atoms. The molecule has 1 aromatic carbocycles. The first-order valence-corrected chi connectivity index (χ1v) is 11.4. The minimum absolute atomic E-state index is 0.183. The van der Waals surface area contributed by atoms with Crippen molar-refractivity contribution in [1.82, 2.24) is 9.63 Å². The molecule has 0 saturated heterocycles. The van der Waals surface area contributed by atoms with Crippen molar-refractivity contribution in [3.05, 3.63) is 56.3 Å². The van der Waals surface area contributed by atoms with Gasteiger partial charge in [-0.1, -0.05) is 17.7 Å². The second-order valence-corrected chi connectivity index (χ2v) is 9.79. The van der Waals surface area contributed by atoms with Crippen molar-refractivity contribution in [1.29, 1.82) is 0 Å². The molecule has 172 valence electrons. The molecule has 1 N–H and O–H groups in total. The van der Waals surface area contributed by atoms with Gasteiger partial charge < -0.3 is 10.1 Å². The second-order valence-electron chi connectivity index (χ2n) is 9.38. The van der Waals surface area contributed by atoms with E-state index in [9.17, 15) is 9.59 Å². The van der Waals surface area contributed by atoms with Crippen molar-refractivity contribution in [3.63, 3.8) is 0 Å². The maximum atomic E-state index is 13.3. The Labute approximate surface area is 193 Å². The summed E-state index contributed by atoms with van der Waals surface area (Å²) in [6.45, 7) is 6.93. The Bertz CT molecular complexity index is 1090. The van der Waals surface area contributed by atoms with Gasteiger partial charge in [-0.2, -0.15) is 0 Å². The van der Waals surface area contributed by atoms with Gasteiger partial charge in [-0.15, -0.1) is 0 Å². The Balaban J connectivity index is 1.57. The number of pyridine rings is 1. The molecular weight excluding hydrogens is 430 g/mol. The summed E-state index contributed by atoms with van der Waals surface area (Å²) in [7, 11) is 1.64. The minimum atomic E-state index is -0.286. The lowest BCUT2D eigenvalue weighted by molar-refractivity contribution is -0.148. The molecule has 0 unspecified atom stereocenters. The van der Waals surface area contributed by atoms with Crippen LogP contribution in [0, 0.1) is 0 Å². The van der Waals surface area contributed by atoms with Crippen LogP contribution in [0.1, 0.15) is 61.0 Å². The Hall–Kier alpha value is -2.35. The van der Waals surface area contributed by atoms with E-state index in [1.54, 1.807) is 7.05 Å². The zero-order chi connectivity index (χ0) is 23.0. The van der Waals surface area contributed by atoms with Crippen molar-refractivity contribution in [2.45, 2.75) is 51.6 Å². The molecule has 0 radical (unpaired) electrons. The number of hydroxylamine groups is 2. The lowest BCUT2D eigenvalue weighted by atomic mass is 10.0. The number of aromatic nitrogens is 1. The third kappa shape index (κ3) is 5.00. The zero-order valence-corrected chi connectivity index (χ0v) is 19.8. The molecule has 8 heteroatoms. The van der Waals surface area contributed by atoms with Gasteiger partial charge in [-0.25, -0.2) is 5.06 Å². The molecule has 1 saturated carbocycles. The lowest BCUT2D eigenvalue weighted by Gasteiger charge is -2.30. The number of hydrogen-bond acceptors (Lipinski definition) is 5. The normalized spacial score (nSPS) is 16.3. The highest BCUT2D eigenvalue weighted by atomic mass is 35.5. The van der Waals surface area contributed by atoms with E-state index in [1.807, 2.05) is 39.0 Å². The largest absolute Gasteiger partial charge is 0.373 e. The van der Waals surface area contributed by atoms with Gasteiger partial charge in [-0.3, -0.25) is 19.0 Å². The average Bonchev–Trinajstić information content (AvgIpc) is 3.56. The maximum Gasteiger partial charge on any atom is 0.281 e. The molecule has 7 nitrogen and oxygen atoms in total. The van der Waals surface area contributed by atoms with E-state index < -0.39 is 0 Å². The highest BCUT2D eigenvalue weighted by Crippen LogP contribution is 2.42. The fourth-order valence-corrected chi connectivity index (χ4v) is 4.06. The molecule has 2 heterocycles. The second kappa shape index (κ2) is 8.89. The molecule has 1 aliphatic heterocycles. The van der Waals surface area contributed by atoms with Crippen molar-refractivity contribution in [2.24, 2.45) is 7.05 Å². The number of rotatable bonds is 7. The van der Waals surface area contributed by atoms with E-state index in [2.05, 4.69) is 5.32 Å². The van der Waals surface area contributed by atoms with Crippen molar-refractivity contribution >= 4 is 29.0 Å². The quantitative estimate of drug-likeness (QED) is 0.621. The van der Waals surface area contributed by atoms with Crippen LogP contribution in [0.25, 0.3) is 0 Å². The third-order valence-electron chi connectivity index (χ3n) is 5.71. The van der Waals surface area contributed by atoms with Crippen LogP contribution in [0.5, 0.6) is 0 Å². The predicted molar refractivity (Wildman–Crippen MR) is 125 cm³/mol. The van der Waals surface area contributed by atoms with Gasteiger partial charge in [0.15, 0.2) is 0 Å². The smallest absolute Gasteiger partial charge is 0.281 e. The molecular formula is C24H30ClN3O4. The number of nitrogens with one attached hydrogen (secondary N) is 1. The molecule has 1 aromatic heterocycles. The van der Waals surface area contributed by atoms with Crippen LogP contribution in [0.4, 0.5) is 11.5 Å². The van der Waals surface area contributed by atoms with Gasteiger partial charge in [0.05, 0.1) is 41.6 Å². The molecule has 32 heavy (non-hydrogen) atoms. The zero-order valence-electron chi connectivity index (χ0n) is 19.0. The molecule has 2 aliphatic rings. The van der Waals surface area contributed by atoms with Gasteiger partial charge in [0.1, 0.15) is 5.82 Å². The van der Waals surface area contributed by atoms with E-state index >= 15 is 0 Å². The van der Waals surface area contributed by atoms with E-state index in [1.165, 1.54) is 34.1 Å². The number of ether oxygens (including phenoxy) is 1. The van der Waals surface area contributed by atoms with Gasteiger partial charge in [0, 0.05) is 13.1 Å². The molecule has 1 amide bonds. The Morgan fingerprint density at radius 2 is 1.91 bits per heavy atom. The summed E-state index contributed by atoms with van der Waals surface area (Å²) in [6.07, 6.45) is 2.91. The van der Waals surface area contributed by atoms with Crippen molar-refractivity contribution in [2.75, 3.05) is 25.1 Å². The van der Waals surface area contributed by atoms with Crippen LogP contribution in [-0.2, 0) is 23.0 Å². The highest BCUT2D eigenvalue weighted by molar-refractivity contribution is 6.33. The summed E-state index contributed by atoms with van der Waals surface area (Å²) in [5, 5.41) is 5.15. The Morgan fingerprint density at radius 3 is 2.56 bits per heavy atom. The van der Waals surface area contributed by atoms with Gasteiger partial charge >= 0.3 is 0 Å². The fraction of sp³-hybridized carbons (Fsp3) is 0.500. The first-order valence-electron chi connectivity index (χ1n) is 11.0. The van der Waals surface area contributed by atoms with Gasteiger partial charge in [-0.05, 0) is 69.2 Å². The van der Waals surface area contributed by atoms with Crippen LogP contribution < -0.4 is 10.9 Å². The van der Waals surface area contributed by atoms with Crippen molar-refractivity contribution < 1.29 is 14.4 Å². The monoisotopic (exact) mass is 459 g/mol. The predicted octanol–water partition coefficient (Wildman–Crippen LogP) is 4.40. The van der Waals surface area contributed by atoms with E-state index in [-0.39, 0.29) is 23.7 Å². The molecule has 0 atom stereocenters. The number of anilines is 2. The molecule has 4 rings (SSSR count). The molecule has 0 spiro atoms. The first-order chi connectivity index (χ1) is 15.1. The summed E-state index contributed by atoms with van der Waals surface area (Å²) in [5.74, 6) is 0.716. The van der Waals surface area contributed by atoms with Crippen LogP contribution in [0.2, 0.25) is 5.02 Å². The number of carbonyl (C=O) groups excluding carboxylic acids is 1. The Kier molecular flexibility index (Phi) is 6.34. The number of carbonyl (C=O) groups is 1. The number of hydrogen-bond donors (Lipinski definition) is 1. The molecule has 1 fully saturated rings. The summed E-state index contributed by atoms with van der Waals surface area (Å²) >= 11 is 6.53. The standard InChI is InChI=1S/C24H30ClN3O4/c1-24(2,3)31-11-12-32-28-10-9-17-14-20(29)27(4)22(21(17)23(28)30)26-19-8-7-16(13-18(19)25)15-5-6-15/h7-8,13-15,26H,5-6,9-12H2,1-4H3. The fourth-order valence-electron chi connectivity index (χ4n) is 3.83. The van der Waals surface area contributed by atoms with E-state index in [0.717, 1.165) is 0 Å². The maximum absolute atomic E-state index is 13.3. The number of benzene rings is 1. The van der Waals surface area contributed by atoms with Crippen LogP contribution in [0.3, 0.4) is 0 Å². The topological polar surface area (TPSA) is 72.8 Å².